The Bertz CT molecular complexity index is 1370. The molecule has 2 unspecified atom stereocenters. The number of rotatable bonds is 17. The number of hydrogen-bond acceptors (Lipinski definition) is 7. The minimum atomic E-state index is -0.779. The molecule has 11 heteroatoms. The van der Waals surface area contributed by atoms with Crippen molar-refractivity contribution >= 4 is 30.7 Å². The average molecular weight is 710 g/mol. The first kappa shape index (κ1) is 39.8. The molecule has 1 aliphatic heterocycles. The van der Waals surface area contributed by atoms with Crippen LogP contribution in [0.15, 0.2) is 59.8 Å². The zero-order valence-electron chi connectivity index (χ0n) is 30.9. The normalized spacial score (nSPS) is 21.5. The van der Waals surface area contributed by atoms with Gasteiger partial charge in [0.2, 0.25) is 5.91 Å². The molecule has 2 fully saturated rings. The molecule has 2 amide bonds. The minimum Gasteiger partial charge on any atom is -0.445 e. The van der Waals surface area contributed by atoms with Crippen molar-refractivity contribution in [3.05, 3.63) is 75.7 Å². The van der Waals surface area contributed by atoms with E-state index in [1.54, 1.807) is 0 Å². The van der Waals surface area contributed by atoms with E-state index >= 15 is 0 Å². The van der Waals surface area contributed by atoms with Crippen LogP contribution in [0.25, 0.3) is 0 Å². The summed E-state index contributed by atoms with van der Waals surface area (Å²) in [6, 6.07) is 16.6. The summed E-state index contributed by atoms with van der Waals surface area (Å²) in [7, 11) is -0.293. The first-order valence-electron chi connectivity index (χ1n) is 18.5. The van der Waals surface area contributed by atoms with E-state index in [1.165, 1.54) is 6.92 Å². The third-order valence-electron chi connectivity index (χ3n) is 11.1. The van der Waals surface area contributed by atoms with Crippen LogP contribution in [-0.4, -0.2) is 52.8 Å². The van der Waals surface area contributed by atoms with E-state index in [0.29, 0.717) is 37.3 Å². The molecule has 0 bridgehead atoms. The summed E-state index contributed by atoms with van der Waals surface area (Å²) >= 11 is 6.16. The highest BCUT2D eigenvalue weighted by Crippen LogP contribution is 2.43. The summed E-state index contributed by atoms with van der Waals surface area (Å²) in [5, 5.41) is 7.66. The second-order valence-corrected chi connectivity index (χ2v) is 15.7. The average Bonchev–Trinajstić information content (AvgIpc) is 3.30. The third kappa shape index (κ3) is 10.3. The van der Waals surface area contributed by atoms with Crippen LogP contribution in [0, 0.1) is 10.8 Å². The van der Waals surface area contributed by atoms with Gasteiger partial charge in [-0.2, -0.15) is 4.91 Å². The lowest BCUT2D eigenvalue weighted by Crippen LogP contribution is -2.61. The Morgan fingerprint density at radius 2 is 1.62 bits per heavy atom. The lowest BCUT2D eigenvalue weighted by Gasteiger charge is -2.48. The van der Waals surface area contributed by atoms with Gasteiger partial charge in [0.1, 0.15) is 12.6 Å². The maximum absolute atomic E-state index is 13.7. The van der Waals surface area contributed by atoms with Crippen molar-refractivity contribution in [1.82, 2.24) is 10.2 Å². The van der Waals surface area contributed by atoms with Gasteiger partial charge in [0.15, 0.2) is 0 Å². The molecular formula is C39H57BClN3O6. The Kier molecular flexibility index (Phi) is 14.3. The van der Waals surface area contributed by atoms with Crippen LogP contribution in [0.4, 0.5) is 4.79 Å². The summed E-state index contributed by atoms with van der Waals surface area (Å²) in [4.78, 5) is 41.0. The Hall–Kier alpha value is -2.95. The molecule has 274 valence electrons. The predicted octanol–water partition coefficient (Wildman–Crippen LogP) is 9.50. The van der Waals surface area contributed by atoms with Crippen molar-refractivity contribution in [2.24, 2.45) is 11.1 Å². The fourth-order valence-corrected chi connectivity index (χ4v) is 7.79. The van der Waals surface area contributed by atoms with E-state index in [-0.39, 0.29) is 37.7 Å². The minimum absolute atomic E-state index is 0.0248. The van der Waals surface area contributed by atoms with Gasteiger partial charge in [0.05, 0.1) is 16.7 Å². The van der Waals surface area contributed by atoms with Gasteiger partial charge in [0, 0.05) is 24.5 Å². The zero-order chi connectivity index (χ0) is 36.4. The number of nitrogens with one attached hydrogen (secondary N) is 1. The van der Waals surface area contributed by atoms with E-state index < -0.39 is 22.8 Å². The van der Waals surface area contributed by atoms with Crippen molar-refractivity contribution in [2.45, 2.75) is 154 Å². The standard InChI is InChI=1S/C39H57BClN3O6/c1-7-8-16-35(43-47)39(42-29(2)45,25-12-13-26-40-49-37(3,4)38(5,6)50-40)32-19-23-34(24-20-32)44(27-30-17-21-33(41)22-18-30)36(46)48-28-31-14-10-9-11-15-31/h9-11,14-15,17-18,21-22,32,34-35H,7-8,12-13,16,19-20,23-28H2,1-6H3,(H,42,45). The second-order valence-electron chi connectivity index (χ2n) is 15.2. The number of halogens is 1. The van der Waals surface area contributed by atoms with Crippen molar-refractivity contribution in [3.63, 3.8) is 0 Å². The lowest BCUT2D eigenvalue weighted by atomic mass is 9.66. The summed E-state index contributed by atoms with van der Waals surface area (Å²) in [6.07, 6.45) is 7.93. The smallest absolute Gasteiger partial charge is 0.445 e. The van der Waals surface area contributed by atoms with Crippen LogP contribution in [0.1, 0.15) is 117 Å². The van der Waals surface area contributed by atoms with E-state index in [0.717, 1.165) is 56.0 Å². The van der Waals surface area contributed by atoms with Crippen molar-refractivity contribution in [1.29, 1.82) is 0 Å². The summed E-state index contributed by atoms with van der Waals surface area (Å²) in [5.41, 5.74) is 0.330. The Labute approximate surface area is 304 Å². The van der Waals surface area contributed by atoms with E-state index in [4.69, 9.17) is 25.6 Å². The number of carbonyl (C=O) groups is 2. The van der Waals surface area contributed by atoms with Crippen LogP contribution in [0.2, 0.25) is 11.3 Å². The molecule has 2 atom stereocenters. The molecule has 50 heavy (non-hydrogen) atoms. The van der Waals surface area contributed by atoms with Gasteiger partial charge < -0.3 is 24.3 Å². The number of hydrogen-bond donors (Lipinski definition) is 1. The molecule has 9 nitrogen and oxygen atoms in total. The van der Waals surface area contributed by atoms with Gasteiger partial charge >= 0.3 is 13.2 Å². The van der Waals surface area contributed by atoms with Crippen LogP contribution in [0.5, 0.6) is 0 Å². The van der Waals surface area contributed by atoms with Gasteiger partial charge in [-0.25, -0.2) is 4.79 Å². The molecule has 2 aliphatic rings. The highest BCUT2D eigenvalue weighted by atomic mass is 35.5. The molecule has 0 spiro atoms. The number of amides is 2. The number of benzene rings is 2. The lowest BCUT2D eigenvalue weighted by molar-refractivity contribution is -0.122. The summed E-state index contributed by atoms with van der Waals surface area (Å²) < 4.78 is 18.3. The van der Waals surface area contributed by atoms with Crippen molar-refractivity contribution in [3.8, 4) is 0 Å². The van der Waals surface area contributed by atoms with Gasteiger partial charge in [-0.05, 0) is 102 Å². The van der Waals surface area contributed by atoms with Crippen LogP contribution >= 0.6 is 11.6 Å². The van der Waals surface area contributed by atoms with Crippen LogP contribution < -0.4 is 5.32 Å². The molecule has 2 aromatic rings. The molecule has 1 saturated carbocycles. The monoisotopic (exact) mass is 709 g/mol. The van der Waals surface area contributed by atoms with E-state index in [2.05, 4.69) is 45.1 Å². The maximum atomic E-state index is 13.7. The highest BCUT2D eigenvalue weighted by molar-refractivity contribution is 6.45. The second kappa shape index (κ2) is 18.0. The Morgan fingerprint density at radius 1 is 0.980 bits per heavy atom. The molecule has 1 saturated heterocycles. The number of nitrogens with zero attached hydrogens (tertiary/aromatic N) is 2. The topological polar surface area (TPSA) is 107 Å². The number of carbonyl (C=O) groups excluding carboxylic acids is 2. The fraction of sp³-hybridized carbons (Fsp3) is 0.641. The number of ether oxygens (including phenoxy) is 1. The first-order valence-corrected chi connectivity index (χ1v) is 18.9. The van der Waals surface area contributed by atoms with Gasteiger partial charge in [-0.1, -0.05) is 91.8 Å². The molecular weight excluding hydrogens is 653 g/mol. The molecule has 1 heterocycles. The molecule has 4 rings (SSSR count). The van der Waals surface area contributed by atoms with Gasteiger partial charge in [0.25, 0.3) is 0 Å². The Morgan fingerprint density at radius 3 is 2.20 bits per heavy atom. The van der Waals surface area contributed by atoms with Crippen molar-refractivity contribution < 1.29 is 23.6 Å². The molecule has 2 aromatic carbocycles. The summed E-state index contributed by atoms with van der Waals surface area (Å²) in [6.45, 7) is 12.4. The molecule has 1 N–H and O–H groups in total. The quantitative estimate of drug-likeness (QED) is 0.0996. The van der Waals surface area contributed by atoms with Crippen molar-refractivity contribution in [2.75, 3.05) is 0 Å². The van der Waals surface area contributed by atoms with Gasteiger partial charge in [-0.3, -0.25) is 4.79 Å². The summed E-state index contributed by atoms with van der Waals surface area (Å²) in [5.74, 6) is -0.131. The van der Waals surface area contributed by atoms with E-state index in [9.17, 15) is 14.5 Å². The van der Waals surface area contributed by atoms with Crippen LogP contribution in [-0.2, 0) is 32.0 Å². The van der Waals surface area contributed by atoms with Gasteiger partial charge in [-0.15, -0.1) is 0 Å². The number of nitroso groups, excluding NO2 is 1. The maximum Gasteiger partial charge on any atom is 0.457 e. The SMILES string of the molecule is CCCCC(N=O)C(CCCCB1OC(C)(C)C(C)(C)O1)(NC(C)=O)C1CCC(N(Cc2ccc(Cl)cc2)C(=O)OCc2ccccc2)CC1. The molecule has 1 aliphatic carbocycles. The largest absolute Gasteiger partial charge is 0.457 e. The molecule has 0 radical (unpaired) electrons. The van der Waals surface area contributed by atoms with E-state index in [1.807, 2.05) is 59.5 Å². The third-order valence-corrected chi connectivity index (χ3v) is 11.4. The van der Waals surface area contributed by atoms with Crippen LogP contribution in [0.3, 0.4) is 0 Å². The first-order chi connectivity index (χ1) is 23.8. The number of unbranched alkanes of at least 4 members (excludes halogenated alkanes) is 2. The predicted molar refractivity (Wildman–Crippen MR) is 200 cm³/mol. The zero-order valence-corrected chi connectivity index (χ0v) is 31.7. The highest BCUT2D eigenvalue weighted by Gasteiger charge is 2.51. The molecule has 0 aromatic heterocycles. The fourth-order valence-electron chi connectivity index (χ4n) is 7.67. The Balaban J connectivity index is 1.51.